The fraction of sp³-hybridized carbons (Fsp3) is 0.0370. The molecule has 0 saturated carbocycles. The number of hydrogen-bond donors (Lipinski definition) is 0. The zero-order valence-electron chi connectivity index (χ0n) is 16.3. The number of nitriles is 1. The number of fused-ring (bicyclic) bond motifs is 1. The molecule has 0 saturated heterocycles. The molecular weight excluding hydrogens is 370 g/mol. The Morgan fingerprint density at radius 2 is 1.60 bits per heavy atom. The number of Topliss-reactive ketones (excluding diaryl/α,β-unsaturated/α-hetero) is 1. The summed E-state index contributed by atoms with van der Waals surface area (Å²) in [6.07, 6.45) is 1.60. The van der Waals surface area contributed by atoms with E-state index < -0.39 is 0 Å². The third kappa shape index (κ3) is 4.29. The number of nitrogens with zero attached hydrogens (tertiary/aromatic N) is 1. The van der Waals surface area contributed by atoms with Crippen LogP contribution in [0, 0.1) is 11.3 Å². The first kappa shape index (κ1) is 19.2. The molecule has 0 aliphatic rings. The molecule has 0 radical (unpaired) electrons. The summed E-state index contributed by atoms with van der Waals surface area (Å²) in [5, 5.41) is 11.8. The van der Waals surface area contributed by atoms with E-state index in [9.17, 15) is 10.1 Å². The number of carbonyl (C=O) groups excluding carboxylic acids is 1. The van der Waals surface area contributed by atoms with E-state index in [0.717, 1.165) is 16.5 Å². The van der Waals surface area contributed by atoms with Gasteiger partial charge in [-0.3, -0.25) is 4.79 Å². The van der Waals surface area contributed by atoms with Gasteiger partial charge in [0.15, 0.2) is 0 Å². The minimum absolute atomic E-state index is 0.0902. The molecule has 0 amide bonds. The average molecular weight is 389 g/mol. The minimum Gasteiger partial charge on any atom is -0.489 e. The number of allylic oxidation sites excluding steroid dienone is 1. The highest BCUT2D eigenvalue weighted by Crippen LogP contribution is 2.22. The van der Waals surface area contributed by atoms with Crippen molar-refractivity contribution in [1.82, 2.24) is 0 Å². The minimum atomic E-state index is -0.292. The van der Waals surface area contributed by atoms with Gasteiger partial charge < -0.3 is 4.74 Å². The largest absolute Gasteiger partial charge is 0.489 e. The second kappa shape index (κ2) is 8.89. The zero-order chi connectivity index (χ0) is 20.8. The number of ether oxygens (including phenoxy) is 1. The molecule has 4 aromatic carbocycles. The van der Waals surface area contributed by atoms with Gasteiger partial charge >= 0.3 is 0 Å². The maximum Gasteiger partial charge on any atom is 0.203 e. The van der Waals surface area contributed by atoms with E-state index in [1.807, 2.05) is 54.6 Å². The molecular formula is C27H19NO2. The molecule has 144 valence electrons. The Hall–Kier alpha value is -4.16. The van der Waals surface area contributed by atoms with Crippen LogP contribution in [0.15, 0.2) is 103 Å². The smallest absolute Gasteiger partial charge is 0.203 e. The molecule has 0 unspecified atom stereocenters. The summed E-state index contributed by atoms with van der Waals surface area (Å²) < 4.78 is 6.00. The number of benzene rings is 4. The summed E-state index contributed by atoms with van der Waals surface area (Å²) >= 11 is 0. The van der Waals surface area contributed by atoms with Gasteiger partial charge in [0.05, 0.1) is 0 Å². The lowest BCUT2D eigenvalue weighted by Crippen LogP contribution is -2.01. The zero-order valence-corrected chi connectivity index (χ0v) is 16.3. The van der Waals surface area contributed by atoms with Gasteiger partial charge in [-0.25, -0.2) is 0 Å². The van der Waals surface area contributed by atoms with Crippen molar-refractivity contribution in [2.24, 2.45) is 0 Å². The van der Waals surface area contributed by atoms with Crippen LogP contribution >= 0.6 is 0 Å². The van der Waals surface area contributed by atoms with Crippen LogP contribution in [0.5, 0.6) is 5.75 Å². The molecule has 0 spiro atoms. The molecule has 0 atom stereocenters. The standard InChI is InChI=1S/C27H19NO2/c28-18-24(27(29)22-10-2-1-3-11-22)16-20-8-6-14-25(17-20)30-19-23-13-7-12-21-9-4-5-15-26(21)23/h1-17H,19H2/b24-16+. The van der Waals surface area contributed by atoms with Crippen molar-refractivity contribution < 1.29 is 9.53 Å². The number of ketones is 1. The fourth-order valence-corrected chi connectivity index (χ4v) is 3.33. The lowest BCUT2D eigenvalue weighted by Gasteiger charge is -2.10. The van der Waals surface area contributed by atoms with Crippen LogP contribution in [0.25, 0.3) is 16.8 Å². The molecule has 0 heterocycles. The predicted octanol–water partition coefficient (Wildman–Crippen LogP) is 6.21. The molecule has 0 fully saturated rings. The van der Waals surface area contributed by atoms with Gasteiger partial charge in [0.1, 0.15) is 24.0 Å². The van der Waals surface area contributed by atoms with Crippen LogP contribution in [0.1, 0.15) is 21.5 Å². The van der Waals surface area contributed by atoms with Crippen LogP contribution in [0.3, 0.4) is 0 Å². The summed E-state index contributed by atoms with van der Waals surface area (Å²) in [6, 6.07) is 32.6. The Kier molecular flexibility index (Phi) is 5.68. The molecule has 4 aromatic rings. The molecule has 0 aliphatic heterocycles. The van der Waals surface area contributed by atoms with Crippen molar-refractivity contribution in [3.8, 4) is 11.8 Å². The van der Waals surface area contributed by atoms with Gasteiger partial charge in [-0.05, 0) is 40.1 Å². The van der Waals surface area contributed by atoms with Gasteiger partial charge in [0, 0.05) is 5.56 Å². The summed E-state index contributed by atoms with van der Waals surface area (Å²) in [7, 11) is 0. The summed E-state index contributed by atoms with van der Waals surface area (Å²) in [6.45, 7) is 0.433. The van der Waals surface area contributed by atoms with Gasteiger partial charge in [0.2, 0.25) is 5.78 Å². The van der Waals surface area contributed by atoms with E-state index in [0.29, 0.717) is 17.9 Å². The van der Waals surface area contributed by atoms with Gasteiger partial charge in [0.25, 0.3) is 0 Å². The molecule has 3 nitrogen and oxygen atoms in total. The molecule has 0 bridgehead atoms. The second-order valence-corrected chi connectivity index (χ2v) is 6.86. The van der Waals surface area contributed by atoms with Crippen molar-refractivity contribution in [3.05, 3.63) is 119 Å². The topological polar surface area (TPSA) is 50.1 Å². The van der Waals surface area contributed by atoms with E-state index in [4.69, 9.17) is 4.74 Å². The maximum absolute atomic E-state index is 12.6. The molecule has 3 heteroatoms. The van der Waals surface area contributed by atoms with Crippen LogP contribution < -0.4 is 4.74 Å². The Morgan fingerprint density at radius 1 is 0.867 bits per heavy atom. The average Bonchev–Trinajstić information content (AvgIpc) is 2.81. The van der Waals surface area contributed by atoms with E-state index in [1.54, 1.807) is 30.3 Å². The van der Waals surface area contributed by atoms with Gasteiger partial charge in [-0.2, -0.15) is 5.26 Å². The fourth-order valence-electron chi connectivity index (χ4n) is 3.33. The molecule has 4 rings (SSSR count). The van der Waals surface area contributed by atoms with E-state index in [-0.39, 0.29) is 11.4 Å². The highest BCUT2D eigenvalue weighted by molar-refractivity contribution is 6.14. The normalized spacial score (nSPS) is 11.1. The van der Waals surface area contributed by atoms with Gasteiger partial charge in [-0.15, -0.1) is 0 Å². The second-order valence-electron chi connectivity index (χ2n) is 6.86. The predicted molar refractivity (Wildman–Crippen MR) is 119 cm³/mol. The molecule has 0 aromatic heterocycles. The lowest BCUT2D eigenvalue weighted by molar-refractivity contribution is 0.104. The van der Waals surface area contributed by atoms with Crippen molar-refractivity contribution in [2.75, 3.05) is 0 Å². The Labute approximate surface area is 175 Å². The van der Waals surface area contributed by atoms with Crippen molar-refractivity contribution in [1.29, 1.82) is 5.26 Å². The maximum atomic E-state index is 12.6. The molecule has 0 aliphatic carbocycles. The third-order valence-corrected chi connectivity index (χ3v) is 4.84. The van der Waals surface area contributed by atoms with E-state index >= 15 is 0 Å². The monoisotopic (exact) mass is 389 g/mol. The van der Waals surface area contributed by atoms with Crippen LogP contribution in [-0.2, 0) is 6.61 Å². The van der Waals surface area contributed by atoms with Crippen molar-refractivity contribution in [2.45, 2.75) is 6.61 Å². The molecule has 0 N–H and O–H groups in total. The van der Waals surface area contributed by atoms with Gasteiger partial charge in [-0.1, -0.05) is 84.9 Å². The Balaban J connectivity index is 1.54. The summed E-state index contributed by atoms with van der Waals surface area (Å²) in [5.41, 5.74) is 2.43. The van der Waals surface area contributed by atoms with Crippen molar-refractivity contribution in [3.63, 3.8) is 0 Å². The summed E-state index contributed by atoms with van der Waals surface area (Å²) in [4.78, 5) is 12.6. The number of carbonyl (C=O) groups is 1. The first-order valence-corrected chi connectivity index (χ1v) is 9.65. The first-order chi connectivity index (χ1) is 14.7. The highest BCUT2D eigenvalue weighted by atomic mass is 16.5. The Bertz CT molecular complexity index is 1260. The van der Waals surface area contributed by atoms with Crippen LogP contribution in [0.2, 0.25) is 0 Å². The third-order valence-electron chi connectivity index (χ3n) is 4.84. The number of rotatable bonds is 6. The van der Waals surface area contributed by atoms with Crippen molar-refractivity contribution >= 4 is 22.6 Å². The lowest BCUT2D eigenvalue weighted by atomic mass is 10.0. The van der Waals surface area contributed by atoms with E-state index in [1.165, 1.54) is 5.39 Å². The molecule has 30 heavy (non-hydrogen) atoms. The van der Waals surface area contributed by atoms with E-state index in [2.05, 4.69) is 24.3 Å². The SMILES string of the molecule is N#C/C(=C\c1cccc(OCc2cccc3ccccc23)c1)C(=O)c1ccccc1. The summed E-state index contributed by atoms with van der Waals surface area (Å²) in [5.74, 6) is 0.390. The van der Waals surface area contributed by atoms with Crippen LogP contribution in [-0.4, -0.2) is 5.78 Å². The highest BCUT2D eigenvalue weighted by Gasteiger charge is 2.11. The Morgan fingerprint density at radius 3 is 2.43 bits per heavy atom. The quantitative estimate of drug-likeness (QED) is 0.224. The number of hydrogen-bond acceptors (Lipinski definition) is 3. The first-order valence-electron chi connectivity index (χ1n) is 9.65. The van der Waals surface area contributed by atoms with Crippen LogP contribution in [0.4, 0.5) is 0 Å².